The summed E-state index contributed by atoms with van der Waals surface area (Å²) in [6, 6.07) is 16.6. The van der Waals surface area contributed by atoms with Crippen LogP contribution in [-0.2, 0) is 6.42 Å². The van der Waals surface area contributed by atoms with Crippen LogP contribution in [-0.4, -0.2) is 23.6 Å². The van der Waals surface area contributed by atoms with Gasteiger partial charge in [-0.1, -0.05) is 36.4 Å². The van der Waals surface area contributed by atoms with Gasteiger partial charge in [-0.3, -0.25) is 9.36 Å². The fourth-order valence-electron chi connectivity index (χ4n) is 3.86. The molecule has 122 valence electrons. The van der Waals surface area contributed by atoms with E-state index in [9.17, 15) is 4.79 Å². The Morgan fingerprint density at radius 1 is 1.04 bits per heavy atom. The number of fused-ring (bicyclic) bond motifs is 2. The van der Waals surface area contributed by atoms with Crippen LogP contribution >= 0.6 is 0 Å². The van der Waals surface area contributed by atoms with E-state index in [1.165, 1.54) is 22.2 Å². The van der Waals surface area contributed by atoms with E-state index in [4.69, 9.17) is 0 Å². The minimum Gasteiger partial charge on any atom is -0.362 e. The van der Waals surface area contributed by atoms with Gasteiger partial charge in [-0.15, -0.1) is 0 Å². The lowest BCUT2D eigenvalue weighted by Crippen LogP contribution is -2.36. The van der Waals surface area contributed by atoms with Crippen molar-refractivity contribution in [1.29, 1.82) is 0 Å². The summed E-state index contributed by atoms with van der Waals surface area (Å²) < 4.78 is 1.89. The van der Waals surface area contributed by atoms with E-state index in [0.29, 0.717) is 6.54 Å². The molecule has 0 saturated carbocycles. The highest BCUT2D eigenvalue weighted by molar-refractivity contribution is 5.97. The van der Waals surface area contributed by atoms with E-state index in [1.807, 2.05) is 29.7 Å². The maximum atomic E-state index is 13.1. The number of anilines is 1. The van der Waals surface area contributed by atoms with Crippen molar-refractivity contribution in [3.63, 3.8) is 0 Å². The quantitative estimate of drug-likeness (QED) is 0.702. The van der Waals surface area contributed by atoms with Gasteiger partial charge in [0.1, 0.15) is 0 Å². The van der Waals surface area contributed by atoms with Crippen molar-refractivity contribution >= 4 is 22.5 Å². The maximum Gasteiger partial charge on any atom is 0.250 e. The highest BCUT2D eigenvalue weighted by Crippen LogP contribution is 2.28. The third kappa shape index (κ3) is 2.32. The molecule has 0 saturated heterocycles. The van der Waals surface area contributed by atoms with E-state index >= 15 is 0 Å². The summed E-state index contributed by atoms with van der Waals surface area (Å²) in [6.45, 7) is 5.50. The van der Waals surface area contributed by atoms with Gasteiger partial charge in [-0.25, -0.2) is 0 Å². The first-order valence-electron chi connectivity index (χ1n) is 8.59. The average Bonchev–Trinajstić information content (AvgIpc) is 2.87. The van der Waals surface area contributed by atoms with Gasteiger partial charge in [-0.2, -0.15) is 0 Å². The molecule has 1 aliphatic rings. The monoisotopic (exact) mass is 318 g/mol. The van der Waals surface area contributed by atoms with Crippen LogP contribution in [0.5, 0.6) is 0 Å². The number of nitrogens with zero attached hydrogens (tertiary/aromatic N) is 2. The highest BCUT2D eigenvalue weighted by atomic mass is 16.2. The topological polar surface area (TPSA) is 25.2 Å². The van der Waals surface area contributed by atoms with Crippen LogP contribution in [0.3, 0.4) is 0 Å². The Morgan fingerprint density at radius 3 is 2.67 bits per heavy atom. The third-order valence-electron chi connectivity index (χ3n) is 5.21. The van der Waals surface area contributed by atoms with E-state index in [-0.39, 0.29) is 5.91 Å². The second-order valence-electron chi connectivity index (χ2n) is 6.61. The Hall–Kier alpha value is -2.55. The molecule has 3 heteroatoms. The second kappa shape index (κ2) is 5.82. The first-order chi connectivity index (χ1) is 11.7. The first-order valence-corrected chi connectivity index (χ1v) is 8.59. The highest BCUT2D eigenvalue weighted by Gasteiger charge is 2.22. The SMILES string of the molecule is Cc1c(C)n(C(=O)CN2CCCc3ccccc32)c2ccccc12. The van der Waals surface area contributed by atoms with Gasteiger partial charge < -0.3 is 4.90 Å². The Balaban J connectivity index is 1.71. The van der Waals surface area contributed by atoms with Crippen LogP contribution in [0.15, 0.2) is 48.5 Å². The van der Waals surface area contributed by atoms with Crippen LogP contribution in [0.4, 0.5) is 5.69 Å². The Morgan fingerprint density at radius 2 is 1.79 bits per heavy atom. The van der Waals surface area contributed by atoms with Crippen LogP contribution in [0.1, 0.15) is 28.0 Å². The van der Waals surface area contributed by atoms with Gasteiger partial charge in [0.05, 0.1) is 12.1 Å². The Kier molecular flexibility index (Phi) is 3.64. The van der Waals surface area contributed by atoms with Crippen molar-refractivity contribution in [2.24, 2.45) is 0 Å². The van der Waals surface area contributed by atoms with Crippen molar-refractivity contribution < 1.29 is 4.79 Å². The lowest BCUT2D eigenvalue weighted by atomic mass is 10.0. The lowest BCUT2D eigenvalue weighted by Gasteiger charge is -2.30. The number of para-hydroxylation sites is 2. The number of hydrogen-bond acceptors (Lipinski definition) is 2. The summed E-state index contributed by atoms with van der Waals surface area (Å²) in [7, 11) is 0. The smallest absolute Gasteiger partial charge is 0.250 e. The van der Waals surface area contributed by atoms with Crippen LogP contribution < -0.4 is 4.90 Å². The molecule has 1 aliphatic heterocycles. The van der Waals surface area contributed by atoms with Gasteiger partial charge in [0.2, 0.25) is 0 Å². The van der Waals surface area contributed by atoms with Crippen LogP contribution in [0.2, 0.25) is 0 Å². The molecule has 4 rings (SSSR count). The molecule has 0 aliphatic carbocycles. The number of rotatable bonds is 2. The zero-order valence-corrected chi connectivity index (χ0v) is 14.2. The molecule has 3 nitrogen and oxygen atoms in total. The lowest BCUT2D eigenvalue weighted by molar-refractivity contribution is 0.0923. The Bertz CT molecular complexity index is 923. The molecule has 2 heterocycles. The molecular formula is C21H22N2O. The predicted octanol–water partition coefficient (Wildman–Crippen LogP) is 4.35. The molecular weight excluding hydrogens is 296 g/mol. The average molecular weight is 318 g/mol. The minimum absolute atomic E-state index is 0.147. The van der Waals surface area contributed by atoms with Gasteiger partial charge in [-0.05, 0) is 49.9 Å². The summed E-state index contributed by atoms with van der Waals surface area (Å²) in [5.41, 5.74) is 5.82. The molecule has 0 unspecified atom stereocenters. The van der Waals surface area contributed by atoms with Crippen molar-refractivity contribution in [1.82, 2.24) is 4.57 Å². The number of carbonyl (C=O) groups is 1. The number of hydrogen-bond donors (Lipinski definition) is 0. The summed E-state index contributed by atoms with van der Waals surface area (Å²) in [6.07, 6.45) is 2.21. The molecule has 0 spiro atoms. The van der Waals surface area contributed by atoms with Gasteiger partial charge in [0.15, 0.2) is 0 Å². The number of carbonyl (C=O) groups excluding carboxylic acids is 1. The van der Waals surface area contributed by atoms with E-state index in [0.717, 1.165) is 30.6 Å². The minimum atomic E-state index is 0.147. The van der Waals surface area contributed by atoms with Crippen molar-refractivity contribution in [2.45, 2.75) is 26.7 Å². The molecule has 0 amide bonds. The fraction of sp³-hybridized carbons (Fsp3) is 0.286. The van der Waals surface area contributed by atoms with E-state index in [1.54, 1.807) is 0 Å². The molecule has 3 aromatic rings. The summed E-state index contributed by atoms with van der Waals surface area (Å²) in [5, 5.41) is 1.17. The summed E-state index contributed by atoms with van der Waals surface area (Å²) >= 11 is 0. The standard InChI is InChI=1S/C21H22N2O/c1-15-16(2)23(20-12-6-4-10-18(15)20)21(24)14-22-13-7-9-17-8-3-5-11-19(17)22/h3-6,8,10-12H,7,9,13-14H2,1-2H3. The van der Waals surface area contributed by atoms with Crippen molar-refractivity contribution in [3.8, 4) is 0 Å². The van der Waals surface area contributed by atoms with Crippen molar-refractivity contribution in [2.75, 3.05) is 18.0 Å². The number of benzene rings is 2. The summed E-state index contributed by atoms with van der Waals surface area (Å²) in [5.74, 6) is 0.147. The normalized spacial score (nSPS) is 14.0. The van der Waals surface area contributed by atoms with Crippen LogP contribution in [0.25, 0.3) is 10.9 Å². The van der Waals surface area contributed by atoms with Crippen LogP contribution in [0, 0.1) is 13.8 Å². The molecule has 0 fully saturated rings. The first kappa shape index (κ1) is 15.0. The zero-order chi connectivity index (χ0) is 16.7. The van der Waals surface area contributed by atoms with E-state index in [2.05, 4.69) is 42.2 Å². The largest absolute Gasteiger partial charge is 0.362 e. The summed E-state index contributed by atoms with van der Waals surface area (Å²) in [4.78, 5) is 15.3. The molecule has 1 aromatic heterocycles. The molecule has 0 bridgehead atoms. The fourth-order valence-corrected chi connectivity index (χ4v) is 3.86. The Labute approximate surface area is 142 Å². The molecule has 0 N–H and O–H groups in total. The third-order valence-corrected chi connectivity index (χ3v) is 5.21. The molecule has 24 heavy (non-hydrogen) atoms. The molecule has 2 aromatic carbocycles. The van der Waals surface area contributed by atoms with Gasteiger partial charge in [0, 0.05) is 23.3 Å². The van der Waals surface area contributed by atoms with E-state index < -0.39 is 0 Å². The predicted molar refractivity (Wildman–Crippen MR) is 99.0 cm³/mol. The molecule has 0 atom stereocenters. The number of aryl methyl sites for hydroxylation is 2. The zero-order valence-electron chi connectivity index (χ0n) is 14.2. The second-order valence-corrected chi connectivity index (χ2v) is 6.61. The number of aromatic nitrogens is 1. The van der Waals surface area contributed by atoms with Crippen molar-refractivity contribution in [3.05, 3.63) is 65.4 Å². The van der Waals surface area contributed by atoms with Gasteiger partial charge in [0.25, 0.3) is 5.91 Å². The maximum absolute atomic E-state index is 13.1. The van der Waals surface area contributed by atoms with Gasteiger partial charge >= 0.3 is 0 Å². The molecule has 0 radical (unpaired) electrons.